The lowest BCUT2D eigenvalue weighted by molar-refractivity contribution is 0.127. The van der Waals surface area contributed by atoms with Crippen LogP contribution in [0.25, 0.3) is 0 Å². The standard InChI is InChI=1S/C21H36N4O4S/c1-5-22-19(24-15-21(10-12-26)11-13-29-16-21)23-14-17-8-6-7-9-18(17)30(27,28)25-20(2,3)4/h6-9,25-26H,5,10-16H2,1-4H3,(H2,22,23,24). The summed E-state index contributed by atoms with van der Waals surface area (Å²) < 4.78 is 33.9. The highest BCUT2D eigenvalue weighted by molar-refractivity contribution is 7.89. The van der Waals surface area contributed by atoms with Crippen LogP contribution in [0.1, 0.15) is 46.1 Å². The molecular weight excluding hydrogens is 404 g/mol. The van der Waals surface area contributed by atoms with Crippen molar-refractivity contribution in [3.8, 4) is 0 Å². The summed E-state index contributed by atoms with van der Waals surface area (Å²) in [5.74, 6) is 0.609. The van der Waals surface area contributed by atoms with E-state index in [1.807, 2.05) is 33.8 Å². The first-order chi connectivity index (χ1) is 14.1. The van der Waals surface area contributed by atoms with Gasteiger partial charge in [-0.2, -0.15) is 0 Å². The van der Waals surface area contributed by atoms with E-state index in [1.54, 1.807) is 18.2 Å². The molecule has 0 amide bonds. The molecule has 30 heavy (non-hydrogen) atoms. The highest BCUT2D eigenvalue weighted by atomic mass is 32.2. The van der Waals surface area contributed by atoms with Crippen molar-refractivity contribution in [3.63, 3.8) is 0 Å². The third kappa shape index (κ3) is 7.23. The predicted molar refractivity (Wildman–Crippen MR) is 119 cm³/mol. The second kappa shape index (κ2) is 10.6. The van der Waals surface area contributed by atoms with E-state index in [2.05, 4.69) is 20.3 Å². The third-order valence-electron chi connectivity index (χ3n) is 4.91. The van der Waals surface area contributed by atoms with Crippen LogP contribution < -0.4 is 15.4 Å². The largest absolute Gasteiger partial charge is 0.396 e. The van der Waals surface area contributed by atoms with Gasteiger partial charge in [0.15, 0.2) is 5.96 Å². The van der Waals surface area contributed by atoms with Gasteiger partial charge in [0.05, 0.1) is 18.0 Å². The Balaban J connectivity index is 2.17. The van der Waals surface area contributed by atoms with Gasteiger partial charge in [0.2, 0.25) is 10.0 Å². The van der Waals surface area contributed by atoms with E-state index in [0.717, 1.165) is 6.42 Å². The summed E-state index contributed by atoms with van der Waals surface area (Å²) in [5, 5.41) is 15.9. The normalized spacial score (nSPS) is 20.4. The molecule has 0 aliphatic carbocycles. The molecule has 170 valence electrons. The van der Waals surface area contributed by atoms with Gasteiger partial charge in [-0.3, -0.25) is 0 Å². The molecule has 1 unspecified atom stereocenters. The first kappa shape index (κ1) is 24.6. The molecule has 1 heterocycles. The van der Waals surface area contributed by atoms with Crippen LogP contribution in [0.15, 0.2) is 34.2 Å². The van der Waals surface area contributed by atoms with Crippen molar-refractivity contribution < 1.29 is 18.3 Å². The number of nitrogens with zero attached hydrogens (tertiary/aromatic N) is 1. The van der Waals surface area contributed by atoms with Crippen molar-refractivity contribution in [1.29, 1.82) is 0 Å². The van der Waals surface area contributed by atoms with Crippen molar-refractivity contribution in [3.05, 3.63) is 29.8 Å². The first-order valence-electron chi connectivity index (χ1n) is 10.4. The van der Waals surface area contributed by atoms with Crippen molar-refractivity contribution in [1.82, 2.24) is 15.4 Å². The minimum atomic E-state index is -3.66. The predicted octanol–water partition coefficient (Wildman–Crippen LogP) is 1.61. The molecular formula is C21H36N4O4S. The summed E-state index contributed by atoms with van der Waals surface area (Å²) >= 11 is 0. The number of hydrogen-bond donors (Lipinski definition) is 4. The Hall–Kier alpha value is -1.68. The third-order valence-corrected chi connectivity index (χ3v) is 6.77. The summed E-state index contributed by atoms with van der Waals surface area (Å²) in [6.45, 7) is 10.4. The second-order valence-electron chi connectivity index (χ2n) is 8.79. The number of aliphatic hydroxyl groups is 1. The van der Waals surface area contributed by atoms with Gasteiger partial charge in [0.1, 0.15) is 0 Å². The number of guanidine groups is 1. The lowest BCUT2D eigenvalue weighted by atomic mass is 9.84. The summed E-state index contributed by atoms with van der Waals surface area (Å²) in [5.41, 5.74) is -0.0560. The molecule has 1 atom stereocenters. The molecule has 0 aromatic heterocycles. The number of nitrogens with one attached hydrogen (secondary N) is 3. The zero-order valence-electron chi connectivity index (χ0n) is 18.5. The lowest BCUT2D eigenvalue weighted by Gasteiger charge is -2.27. The zero-order chi connectivity index (χ0) is 22.3. The van der Waals surface area contributed by atoms with Gasteiger partial charge in [-0.25, -0.2) is 18.1 Å². The number of rotatable bonds is 9. The maximum Gasteiger partial charge on any atom is 0.241 e. The highest BCUT2D eigenvalue weighted by Crippen LogP contribution is 2.31. The minimum Gasteiger partial charge on any atom is -0.396 e. The van der Waals surface area contributed by atoms with Crippen molar-refractivity contribution in [2.75, 3.05) is 32.9 Å². The van der Waals surface area contributed by atoms with Gasteiger partial charge in [-0.1, -0.05) is 18.2 Å². The number of ether oxygens (including phenoxy) is 1. The van der Waals surface area contributed by atoms with E-state index in [0.29, 0.717) is 44.2 Å². The van der Waals surface area contributed by atoms with Gasteiger partial charge in [-0.05, 0) is 52.2 Å². The van der Waals surface area contributed by atoms with Crippen LogP contribution in [0.5, 0.6) is 0 Å². The number of aliphatic imine (C=N–C) groups is 1. The van der Waals surface area contributed by atoms with Crippen LogP contribution in [0.2, 0.25) is 0 Å². The zero-order valence-corrected chi connectivity index (χ0v) is 19.3. The van der Waals surface area contributed by atoms with Crippen molar-refractivity contribution >= 4 is 16.0 Å². The van der Waals surface area contributed by atoms with Crippen LogP contribution >= 0.6 is 0 Å². The van der Waals surface area contributed by atoms with E-state index in [-0.39, 0.29) is 23.5 Å². The first-order valence-corrected chi connectivity index (χ1v) is 11.9. The maximum absolute atomic E-state index is 12.8. The average Bonchev–Trinajstić information content (AvgIpc) is 3.11. The summed E-state index contributed by atoms with van der Waals surface area (Å²) in [6, 6.07) is 6.91. The molecule has 0 bridgehead atoms. The van der Waals surface area contributed by atoms with E-state index in [4.69, 9.17) is 4.74 Å². The van der Waals surface area contributed by atoms with Crippen LogP contribution in [-0.4, -0.2) is 57.9 Å². The molecule has 1 aromatic carbocycles. The number of benzene rings is 1. The minimum absolute atomic E-state index is 0.108. The van der Waals surface area contributed by atoms with E-state index >= 15 is 0 Å². The van der Waals surface area contributed by atoms with Gasteiger partial charge >= 0.3 is 0 Å². The Kier molecular flexibility index (Phi) is 8.66. The van der Waals surface area contributed by atoms with E-state index < -0.39 is 15.6 Å². The fourth-order valence-electron chi connectivity index (χ4n) is 3.44. The summed E-state index contributed by atoms with van der Waals surface area (Å²) in [6.07, 6.45) is 1.55. The Bertz CT molecular complexity index is 813. The fraction of sp³-hybridized carbons (Fsp3) is 0.667. The molecule has 1 aliphatic rings. The smallest absolute Gasteiger partial charge is 0.241 e. The highest BCUT2D eigenvalue weighted by Gasteiger charge is 2.34. The van der Waals surface area contributed by atoms with Gasteiger partial charge in [0, 0.05) is 37.3 Å². The topological polar surface area (TPSA) is 112 Å². The van der Waals surface area contributed by atoms with E-state index in [1.165, 1.54) is 0 Å². The Morgan fingerprint density at radius 1 is 1.27 bits per heavy atom. The molecule has 9 heteroatoms. The lowest BCUT2D eigenvalue weighted by Crippen LogP contribution is -2.44. The second-order valence-corrected chi connectivity index (χ2v) is 10.4. The molecule has 8 nitrogen and oxygen atoms in total. The van der Waals surface area contributed by atoms with Crippen LogP contribution in [0.4, 0.5) is 0 Å². The van der Waals surface area contributed by atoms with Crippen molar-refractivity contribution in [2.45, 2.75) is 57.5 Å². The number of hydrogen-bond acceptors (Lipinski definition) is 5. The molecule has 2 rings (SSSR count). The van der Waals surface area contributed by atoms with E-state index in [9.17, 15) is 13.5 Å². The monoisotopic (exact) mass is 440 g/mol. The molecule has 1 aliphatic heterocycles. The SMILES string of the molecule is CCNC(=NCc1ccccc1S(=O)(=O)NC(C)(C)C)NCC1(CCO)CCOC1. The Labute approximate surface area is 180 Å². The summed E-state index contributed by atoms with van der Waals surface area (Å²) in [7, 11) is -3.66. The Morgan fingerprint density at radius 3 is 2.60 bits per heavy atom. The molecule has 4 N–H and O–H groups in total. The quantitative estimate of drug-likeness (QED) is 0.343. The van der Waals surface area contributed by atoms with Crippen LogP contribution in [0, 0.1) is 5.41 Å². The van der Waals surface area contributed by atoms with Crippen molar-refractivity contribution in [2.24, 2.45) is 10.4 Å². The molecule has 0 spiro atoms. The molecule has 1 aromatic rings. The average molecular weight is 441 g/mol. The fourth-order valence-corrected chi connectivity index (χ4v) is 5.10. The van der Waals surface area contributed by atoms with Gasteiger partial charge in [0.25, 0.3) is 0 Å². The van der Waals surface area contributed by atoms with Gasteiger partial charge in [-0.15, -0.1) is 0 Å². The van der Waals surface area contributed by atoms with Crippen LogP contribution in [0.3, 0.4) is 0 Å². The molecule has 1 fully saturated rings. The molecule has 1 saturated heterocycles. The van der Waals surface area contributed by atoms with Gasteiger partial charge < -0.3 is 20.5 Å². The molecule has 0 saturated carbocycles. The Morgan fingerprint density at radius 2 is 2.00 bits per heavy atom. The van der Waals surface area contributed by atoms with Crippen LogP contribution in [-0.2, 0) is 21.3 Å². The number of sulfonamides is 1. The maximum atomic E-state index is 12.8. The number of aliphatic hydroxyl groups excluding tert-OH is 1. The summed E-state index contributed by atoms with van der Waals surface area (Å²) in [4.78, 5) is 4.84. The molecule has 0 radical (unpaired) electrons.